The number of anilines is 2. The van der Waals surface area contributed by atoms with Gasteiger partial charge in [0.2, 0.25) is 5.91 Å². The van der Waals surface area contributed by atoms with Crippen molar-refractivity contribution in [2.24, 2.45) is 5.41 Å². The van der Waals surface area contributed by atoms with E-state index in [1.807, 2.05) is 38.1 Å². The molecular weight excluding hydrogens is 404 g/mol. The maximum atomic E-state index is 13.5. The first kappa shape index (κ1) is 21.9. The van der Waals surface area contributed by atoms with Gasteiger partial charge in [0.25, 0.3) is 0 Å². The summed E-state index contributed by atoms with van der Waals surface area (Å²) in [5.41, 5.74) is 3.54. The van der Waals surface area contributed by atoms with Gasteiger partial charge < -0.3 is 15.2 Å². The quantitative estimate of drug-likeness (QED) is 0.679. The number of hydrogen-bond donors (Lipinski definition) is 2. The van der Waals surface area contributed by atoms with Crippen molar-refractivity contribution >= 4 is 23.1 Å². The highest BCUT2D eigenvalue weighted by Gasteiger charge is 2.43. The van der Waals surface area contributed by atoms with Gasteiger partial charge in [-0.2, -0.15) is 0 Å². The zero-order valence-electron chi connectivity index (χ0n) is 19.1. The molecule has 2 aliphatic rings. The second kappa shape index (κ2) is 8.34. The van der Waals surface area contributed by atoms with Crippen LogP contribution in [-0.2, 0) is 9.59 Å². The van der Waals surface area contributed by atoms with Crippen LogP contribution in [0.1, 0.15) is 58.6 Å². The highest BCUT2D eigenvalue weighted by atomic mass is 16.5. The van der Waals surface area contributed by atoms with E-state index in [1.54, 1.807) is 23.1 Å². The van der Waals surface area contributed by atoms with Crippen molar-refractivity contribution in [1.82, 2.24) is 0 Å². The summed E-state index contributed by atoms with van der Waals surface area (Å²) in [7, 11) is 0. The first-order chi connectivity index (χ1) is 15.3. The van der Waals surface area contributed by atoms with Crippen molar-refractivity contribution in [3.8, 4) is 11.5 Å². The van der Waals surface area contributed by atoms with E-state index in [0.717, 1.165) is 22.6 Å². The molecule has 6 nitrogen and oxygen atoms in total. The van der Waals surface area contributed by atoms with E-state index in [-0.39, 0.29) is 22.9 Å². The van der Waals surface area contributed by atoms with Crippen molar-refractivity contribution in [3.63, 3.8) is 0 Å². The third-order valence-electron chi connectivity index (χ3n) is 6.07. The normalized spacial score (nSPS) is 19.6. The minimum Gasteiger partial charge on any atom is -0.504 e. The number of ether oxygens (including phenoxy) is 1. The number of ketones is 1. The van der Waals surface area contributed by atoms with Gasteiger partial charge in [-0.1, -0.05) is 39.0 Å². The average molecular weight is 435 g/mol. The summed E-state index contributed by atoms with van der Waals surface area (Å²) in [6, 6.07) is 12.1. The first-order valence-corrected chi connectivity index (χ1v) is 11.2. The molecule has 1 heterocycles. The lowest BCUT2D eigenvalue weighted by Crippen LogP contribution is -2.39. The number of para-hydroxylation sites is 2. The summed E-state index contributed by atoms with van der Waals surface area (Å²) in [4.78, 5) is 28.6. The van der Waals surface area contributed by atoms with Crippen LogP contribution in [0.4, 0.5) is 11.4 Å². The van der Waals surface area contributed by atoms with Crippen molar-refractivity contribution in [2.75, 3.05) is 16.8 Å². The lowest BCUT2D eigenvalue weighted by molar-refractivity contribution is -0.119. The van der Waals surface area contributed by atoms with Gasteiger partial charge in [-0.25, -0.2) is 0 Å². The lowest BCUT2D eigenvalue weighted by Gasteiger charge is -2.37. The number of nitrogens with one attached hydrogen (secondary N) is 1. The van der Waals surface area contributed by atoms with Crippen LogP contribution >= 0.6 is 0 Å². The van der Waals surface area contributed by atoms with Crippen LogP contribution in [-0.4, -0.2) is 23.4 Å². The fraction of sp³-hybridized carbons (Fsp3) is 0.385. The number of aromatic hydroxyl groups is 1. The highest BCUT2D eigenvalue weighted by Crippen LogP contribution is 2.49. The van der Waals surface area contributed by atoms with E-state index < -0.39 is 6.04 Å². The third-order valence-corrected chi connectivity index (χ3v) is 6.07. The maximum Gasteiger partial charge on any atom is 0.227 e. The standard InChI is InChI=1S/C26H30N2O4/c1-5-23(31)28-19-10-8-7-9-17(19)27-18-14-26(3,4)15-21(30)24(18)25(28)16-11-12-20(29)22(13-16)32-6-2/h7-13,25,27,29H,5-6,14-15H2,1-4H3/t25-/m0/s1. The Bertz CT molecular complexity index is 1100. The number of carbonyl (C=O) groups is 2. The highest BCUT2D eigenvalue weighted by molar-refractivity contribution is 6.06. The number of allylic oxidation sites excluding steroid dienone is 1. The Morgan fingerprint density at radius 2 is 1.94 bits per heavy atom. The molecule has 2 aromatic rings. The molecule has 6 heteroatoms. The molecule has 1 aliphatic heterocycles. The molecule has 0 bridgehead atoms. The molecule has 32 heavy (non-hydrogen) atoms. The van der Waals surface area contributed by atoms with Crippen molar-refractivity contribution in [3.05, 3.63) is 59.3 Å². The molecule has 0 radical (unpaired) electrons. The summed E-state index contributed by atoms with van der Waals surface area (Å²) in [5.74, 6) is 0.315. The lowest BCUT2D eigenvalue weighted by atomic mass is 9.73. The number of carbonyl (C=O) groups excluding carboxylic acids is 2. The fourth-order valence-electron chi connectivity index (χ4n) is 4.72. The maximum absolute atomic E-state index is 13.5. The number of nitrogens with zero attached hydrogens (tertiary/aromatic N) is 1. The van der Waals surface area contributed by atoms with Crippen LogP contribution in [0, 0.1) is 5.41 Å². The predicted molar refractivity (Wildman–Crippen MR) is 125 cm³/mol. The molecule has 0 saturated heterocycles. The topological polar surface area (TPSA) is 78.9 Å². The van der Waals surface area contributed by atoms with Crippen LogP contribution < -0.4 is 15.0 Å². The van der Waals surface area contributed by atoms with Gasteiger partial charge in [0.05, 0.1) is 24.0 Å². The molecule has 1 atom stereocenters. The second-order valence-corrected chi connectivity index (χ2v) is 9.16. The molecular formula is C26H30N2O4. The SMILES string of the molecule is CCOc1cc([C@H]2C3=C(CC(C)(C)CC3=O)Nc3ccccc3N2C(=O)CC)ccc1O. The molecule has 0 unspecified atom stereocenters. The van der Waals surface area contributed by atoms with E-state index >= 15 is 0 Å². The van der Waals surface area contributed by atoms with Gasteiger partial charge in [0, 0.05) is 24.1 Å². The van der Waals surface area contributed by atoms with Crippen LogP contribution in [0.5, 0.6) is 11.5 Å². The minimum absolute atomic E-state index is 0.0291. The molecule has 4 rings (SSSR count). The molecule has 0 aromatic heterocycles. The minimum atomic E-state index is -0.614. The molecule has 0 spiro atoms. The van der Waals surface area contributed by atoms with E-state index in [1.165, 1.54) is 0 Å². The summed E-state index contributed by atoms with van der Waals surface area (Å²) < 4.78 is 5.62. The first-order valence-electron chi connectivity index (χ1n) is 11.2. The summed E-state index contributed by atoms with van der Waals surface area (Å²) in [6.45, 7) is 8.24. The van der Waals surface area contributed by atoms with E-state index in [0.29, 0.717) is 37.2 Å². The van der Waals surface area contributed by atoms with E-state index in [4.69, 9.17) is 4.74 Å². The Balaban J connectivity index is 2.00. The van der Waals surface area contributed by atoms with Crippen LogP contribution in [0.2, 0.25) is 0 Å². The van der Waals surface area contributed by atoms with Crippen molar-refractivity contribution in [1.29, 1.82) is 0 Å². The molecule has 1 aliphatic carbocycles. The van der Waals surface area contributed by atoms with Crippen molar-refractivity contribution in [2.45, 2.75) is 53.0 Å². The van der Waals surface area contributed by atoms with Crippen LogP contribution in [0.15, 0.2) is 53.7 Å². The zero-order valence-corrected chi connectivity index (χ0v) is 19.1. The van der Waals surface area contributed by atoms with E-state index in [9.17, 15) is 14.7 Å². The average Bonchev–Trinajstić information content (AvgIpc) is 2.88. The van der Waals surface area contributed by atoms with E-state index in [2.05, 4.69) is 19.2 Å². The number of phenols is 1. The Hall–Kier alpha value is -3.28. The Kier molecular flexibility index (Phi) is 5.71. The number of hydrogen-bond acceptors (Lipinski definition) is 5. The molecule has 0 saturated carbocycles. The molecule has 1 amide bonds. The summed E-state index contributed by atoms with van der Waals surface area (Å²) in [6.07, 6.45) is 1.40. The van der Waals surface area contributed by atoms with Gasteiger partial charge in [-0.15, -0.1) is 0 Å². The largest absolute Gasteiger partial charge is 0.504 e. The number of phenolic OH excluding ortho intramolecular Hbond substituents is 1. The number of Topliss-reactive ketones (excluding diaryl/α,β-unsaturated/α-hetero) is 1. The van der Waals surface area contributed by atoms with Gasteiger partial charge in [0.1, 0.15) is 0 Å². The monoisotopic (exact) mass is 434 g/mol. The number of benzene rings is 2. The molecule has 2 aromatic carbocycles. The van der Waals surface area contributed by atoms with Gasteiger partial charge in [0.15, 0.2) is 17.3 Å². The smallest absolute Gasteiger partial charge is 0.227 e. The number of rotatable bonds is 4. The molecule has 168 valence electrons. The predicted octanol–water partition coefficient (Wildman–Crippen LogP) is 5.34. The fourth-order valence-corrected chi connectivity index (χ4v) is 4.72. The molecule has 0 fully saturated rings. The Labute approximate surface area is 188 Å². The second-order valence-electron chi connectivity index (χ2n) is 9.16. The summed E-state index contributed by atoms with van der Waals surface area (Å²) >= 11 is 0. The molecule has 2 N–H and O–H groups in total. The summed E-state index contributed by atoms with van der Waals surface area (Å²) in [5, 5.41) is 13.7. The van der Waals surface area contributed by atoms with Crippen LogP contribution in [0.25, 0.3) is 0 Å². The third kappa shape index (κ3) is 3.85. The van der Waals surface area contributed by atoms with Gasteiger partial charge in [-0.3, -0.25) is 14.5 Å². The number of amides is 1. The van der Waals surface area contributed by atoms with Gasteiger partial charge >= 0.3 is 0 Å². The number of fused-ring (bicyclic) bond motifs is 1. The zero-order chi connectivity index (χ0) is 23.0. The Morgan fingerprint density at radius 3 is 2.66 bits per heavy atom. The Morgan fingerprint density at radius 1 is 1.19 bits per heavy atom. The van der Waals surface area contributed by atoms with Crippen molar-refractivity contribution < 1.29 is 19.4 Å². The van der Waals surface area contributed by atoms with Crippen LogP contribution in [0.3, 0.4) is 0 Å². The van der Waals surface area contributed by atoms with Gasteiger partial charge in [-0.05, 0) is 48.6 Å².